The first-order chi connectivity index (χ1) is 14.3. The summed E-state index contributed by atoms with van der Waals surface area (Å²) in [6.07, 6.45) is 1.66. The SMILES string of the molecule is CCCCC(COC(=O)N(Cc1cccs1)c1ccccc1)NC(=O)OC(C)(C)C. The van der Waals surface area contributed by atoms with Crippen molar-refractivity contribution in [3.05, 3.63) is 52.7 Å². The lowest BCUT2D eigenvalue weighted by atomic mass is 10.1. The van der Waals surface area contributed by atoms with E-state index < -0.39 is 17.8 Å². The number of para-hydroxylation sites is 1. The van der Waals surface area contributed by atoms with Gasteiger partial charge in [0, 0.05) is 10.6 Å². The molecule has 0 saturated heterocycles. The van der Waals surface area contributed by atoms with Crippen LogP contribution in [0, 0.1) is 0 Å². The Hall–Kier alpha value is -2.54. The first-order valence-electron chi connectivity index (χ1n) is 10.3. The van der Waals surface area contributed by atoms with Gasteiger partial charge in [0.1, 0.15) is 12.2 Å². The van der Waals surface area contributed by atoms with Crippen LogP contribution in [0.5, 0.6) is 0 Å². The standard InChI is InChI=1S/C23H32N2O4S/c1-5-6-11-18(24-21(26)29-23(2,3)4)17-28-22(27)25(16-20-14-10-15-30-20)19-12-8-7-9-13-19/h7-10,12-15,18H,5-6,11,16-17H2,1-4H3,(H,24,26). The van der Waals surface area contributed by atoms with Crippen molar-refractivity contribution < 1.29 is 19.1 Å². The first kappa shape index (κ1) is 23.7. The Balaban J connectivity index is 2.03. The number of rotatable bonds is 9. The third-order valence-electron chi connectivity index (χ3n) is 4.22. The quantitative estimate of drug-likeness (QED) is 0.530. The fourth-order valence-corrected chi connectivity index (χ4v) is 3.49. The third-order valence-corrected chi connectivity index (χ3v) is 5.08. The minimum atomic E-state index is -0.582. The van der Waals surface area contributed by atoms with Gasteiger partial charge in [-0.15, -0.1) is 11.3 Å². The Morgan fingerprint density at radius 1 is 1.13 bits per heavy atom. The van der Waals surface area contributed by atoms with Gasteiger partial charge in [-0.05, 0) is 50.8 Å². The number of benzene rings is 1. The van der Waals surface area contributed by atoms with Gasteiger partial charge in [-0.1, -0.05) is 44.0 Å². The molecule has 0 radical (unpaired) electrons. The number of ether oxygens (including phenoxy) is 2. The van der Waals surface area contributed by atoms with Gasteiger partial charge in [0.25, 0.3) is 0 Å². The van der Waals surface area contributed by atoms with Crippen molar-refractivity contribution >= 4 is 29.2 Å². The third kappa shape index (κ3) is 8.45. The number of amides is 2. The molecule has 30 heavy (non-hydrogen) atoms. The molecule has 0 spiro atoms. The predicted octanol–water partition coefficient (Wildman–Crippen LogP) is 5.97. The van der Waals surface area contributed by atoms with Crippen molar-refractivity contribution in [2.45, 2.75) is 65.1 Å². The highest BCUT2D eigenvalue weighted by molar-refractivity contribution is 7.09. The van der Waals surface area contributed by atoms with Gasteiger partial charge < -0.3 is 14.8 Å². The largest absolute Gasteiger partial charge is 0.447 e. The second-order valence-corrected chi connectivity index (χ2v) is 9.10. The van der Waals surface area contributed by atoms with Crippen LogP contribution >= 0.6 is 11.3 Å². The molecule has 6 nitrogen and oxygen atoms in total. The number of carbonyl (C=O) groups excluding carboxylic acids is 2. The Bertz CT molecular complexity index is 772. The van der Waals surface area contributed by atoms with Gasteiger partial charge >= 0.3 is 12.2 Å². The van der Waals surface area contributed by atoms with Gasteiger partial charge in [0.2, 0.25) is 0 Å². The molecular weight excluding hydrogens is 400 g/mol. The number of anilines is 1. The van der Waals surface area contributed by atoms with E-state index >= 15 is 0 Å². The predicted molar refractivity (Wildman–Crippen MR) is 121 cm³/mol. The second kappa shape index (κ2) is 11.6. The highest BCUT2D eigenvalue weighted by Crippen LogP contribution is 2.20. The molecule has 2 aromatic rings. The summed E-state index contributed by atoms with van der Waals surface area (Å²) >= 11 is 1.59. The molecule has 1 aromatic carbocycles. The molecule has 164 valence electrons. The summed E-state index contributed by atoms with van der Waals surface area (Å²) in [5.41, 5.74) is 0.182. The fourth-order valence-electron chi connectivity index (χ4n) is 2.80. The van der Waals surface area contributed by atoms with E-state index in [1.807, 2.05) is 68.6 Å². The zero-order valence-corrected chi connectivity index (χ0v) is 19.0. The van der Waals surface area contributed by atoms with Crippen LogP contribution < -0.4 is 10.2 Å². The van der Waals surface area contributed by atoms with Crippen LogP contribution in [0.25, 0.3) is 0 Å². The molecule has 2 rings (SSSR count). The van der Waals surface area contributed by atoms with Crippen LogP contribution in [0.4, 0.5) is 15.3 Å². The van der Waals surface area contributed by atoms with Gasteiger partial charge in [-0.3, -0.25) is 4.90 Å². The van der Waals surface area contributed by atoms with Gasteiger partial charge in [-0.25, -0.2) is 9.59 Å². The number of hydrogen-bond donors (Lipinski definition) is 1. The number of carbonyl (C=O) groups is 2. The highest BCUT2D eigenvalue weighted by atomic mass is 32.1. The molecule has 0 bridgehead atoms. The molecule has 0 saturated carbocycles. The molecule has 0 aliphatic rings. The molecule has 1 aromatic heterocycles. The van der Waals surface area contributed by atoms with Crippen molar-refractivity contribution in [1.29, 1.82) is 0 Å². The Labute approximate surface area is 183 Å². The van der Waals surface area contributed by atoms with E-state index in [0.29, 0.717) is 13.0 Å². The maximum absolute atomic E-state index is 12.9. The van der Waals surface area contributed by atoms with Crippen LogP contribution in [0.2, 0.25) is 0 Å². The molecule has 0 fully saturated rings. The fraction of sp³-hybridized carbons (Fsp3) is 0.478. The molecule has 7 heteroatoms. The Morgan fingerprint density at radius 2 is 1.87 bits per heavy atom. The number of nitrogens with one attached hydrogen (secondary N) is 1. The van der Waals surface area contributed by atoms with Crippen LogP contribution in [0.1, 0.15) is 51.8 Å². The number of nitrogens with zero attached hydrogens (tertiary/aromatic N) is 1. The molecule has 1 unspecified atom stereocenters. The van der Waals surface area contributed by atoms with Crippen molar-refractivity contribution in [1.82, 2.24) is 5.32 Å². The topological polar surface area (TPSA) is 67.9 Å². The van der Waals surface area contributed by atoms with Gasteiger partial charge in [0.15, 0.2) is 0 Å². The monoisotopic (exact) mass is 432 g/mol. The van der Waals surface area contributed by atoms with E-state index in [4.69, 9.17) is 9.47 Å². The lowest BCUT2D eigenvalue weighted by molar-refractivity contribution is 0.0468. The van der Waals surface area contributed by atoms with E-state index in [0.717, 1.165) is 23.4 Å². The average molecular weight is 433 g/mol. The normalized spacial score (nSPS) is 12.1. The first-order valence-corrected chi connectivity index (χ1v) is 11.2. The van der Waals surface area contributed by atoms with Crippen molar-refractivity contribution in [3.8, 4) is 0 Å². The summed E-state index contributed by atoms with van der Waals surface area (Å²) in [6.45, 7) is 8.04. The van der Waals surface area contributed by atoms with E-state index in [1.165, 1.54) is 0 Å². The number of thiophene rings is 1. The van der Waals surface area contributed by atoms with E-state index in [9.17, 15) is 9.59 Å². The number of hydrogen-bond acceptors (Lipinski definition) is 5. The number of alkyl carbamates (subject to hydrolysis) is 1. The van der Waals surface area contributed by atoms with Crippen LogP contribution in [0.15, 0.2) is 47.8 Å². The van der Waals surface area contributed by atoms with Crippen LogP contribution in [-0.4, -0.2) is 30.4 Å². The van der Waals surface area contributed by atoms with E-state index in [2.05, 4.69) is 12.2 Å². The number of unbranched alkanes of at least 4 members (excludes halogenated alkanes) is 1. The summed E-state index contributed by atoms with van der Waals surface area (Å²) in [6, 6.07) is 13.1. The zero-order valence-electron chi connectivity index (χ0n) is 18.2. The lowest BCUT2D eigenvalue weighted by Gasteiger charge is -2.25. The minimum Gasteiger partial charge on any atom is -0.447 e. The zero-order chi connectivity index (χ0) is 22.0. The smallest absolute Gasteiger partial charge is 0.414 e. The molecule has 1 heterocycles. The summed E-state index contributed by atoms with van der Waals surface area (Å²) in [7, 11) is 0. The molecular formula is C23H32N2O4S. The van der Waals surface area contributed by atoms with E-state index in [1.54, 1.807) is 16.2 Å². The summed E-state index contributed by atoms with van der Waals surface area (Å²) < 4.78 is 11.0. The molecule has 2 amide bonds. The highest BCUT2D eigenvalue weighted by Gasteiger charge is 2.23. The molecule has 0 aliphatic carbocycles. The lowest BCUT2D eigenvalue weighted by Crippen LogP contribution is -2.43. The summed E-state index contributed by atoms with van der Waals surface area (Å²) in [5, 5.41) is 4.81. The van der Waals surface area contributed by atoms with Crippen molar-refractivity contribution in [2.24, 2.45) is 0 Å². The van der Waals surface area contributed by atoms with Gasteiger partial charge in [0.05, 0.1) is 12.6 Å². The van der Waals surface area contributed by atoms with Crippen LogP contribution in [-0.2, 0) is 16.0 Å². The second-order valence-electron chi connectivity index (χ2n) is 8.06. The van der Waals surface area contributed by atoms with Crippen molar-refractivity contribution in [3.63, 3.8) is 0 Å². The Morgan fingerprint density at radius 3 is 2.47 bits per heavy atom. The van der Waals surface area contributed by atoms with Crippen LogP contribution in [0.3, 0.4) is 0 Å². The average Bonchev–Trinajstić information content (AvgIpc) is 3.20. The maximum atomic E-state index is 12.9. The Kier molecular flexibility index (Phi) is 9.17. The minimum absolute atomic E-state index is 0.0891. The van der Waals surface area contributed by atoms with Gasteiger partial charge in [-0.2, -0.15) is 0 Å². The maximum Gasteiger partial charge on any atom is 0.414 e. The summed E-state index contributed by atoms with van der Waals surface area (Å²) in [5.74, 6) is 0. The summed E-state index contributed by atoms with van der Waals surface area (Å²) in [4.78, 5) is 27.8. The van der Waals surface area contributed by atoms with E-state index in [-0.39, 0.29) is 12.6 Å². The molecule has 1 atom stereocenters. The molecule has 1 N–H and O–H groups in total. The molecule has 0 aliphatic heterocycles. The van der Waals surface area contributed by atoms with Crippen molar-refractivity contribution in [2.75, 3.05) is 11.5 Å².